The average Bonchev–Trinajstić information content (AvgIpc) is 3.38. The Morgan fingerprint density at radius 1 is 1.15 bits per heavy atom. The van der Waals surface area contributed by atoms with Gasteiger partial charge in [-0.3, -0.25) is 4.79 Å². The standard InChI is InChI=1S/C31H42N4O4/c1-22-10-7-8-16-35(22)27-14-13-25(19-26(27)21-37-6)30-32-29(33-39-30)24-12-9-11-23(18-24)20-34(5)17-15-28(36)38-31(2,3)4/h9,11-14,18-19,22H,7-8,10,15-17,20-21H2,1-6H3. The molecule has 8 heteroatoms. The quantitative estimate of drug-likeness (QED) is 0.289. The van der Waals surface area contributed by atoms with E-state index < -0.39 is 5.60 Å². The highest BCUT2D eigenvalue weighted by atomic mass is 16.6. The highest BCUT2D eigenvalue weighted by Gasteiger charge is 2.22. The SMILES string of the molecule is COCc1cc(-c2nc(-c3cccc(CN(C)CCC(=O)OC(C)(C)C)c3)no2)ccc1N1CCCCC1C. The van der Waals surface area contributed by atoms with Crippen molar-refractivity contribution in [3.8, 4) is 22.8 Å². The number of methoxy groups -OCH3 is 1. The Kier molecular flexibility index (Phi) is 9.40. The van der Waals surface area contributed by atoms with Crippen LogP contribution < -0.4 is 4.90 Å². The number of anilines is 1. The maximum atomic E-state index is 12.1. The minimum atomic E-state index is -0.466. The molecule has 4 rings (SSSR count). The average molecular weight is 535 g/mol. The number of carbonyl (C=O) groups excluding carboxylic acids is 1. The van der Waals surface area contributed by atoms with Crippen LogP contribution in [0.3, 0.4) is 0 Å². The summed E-state index contributed by atoms with van der Waals surface area (Å²) in [4.78, 5) is 21.4. The molecule has 1 aliphatic heterocycles. The van der Waals surface area contributed by atoms with Gasteiger partial charge in [0.1, 0.15) is 5.60 Å². The summed E-state index contributed by atoms with van der Waals surface area (Å²) >= 11 is 0. The van der Waals surface area contributed by atoms with Gasteiger partial charge < -0.3 is 23.8 Å². The van der Waals surface area contributed by atoms with Gasteiger partial charge >= 0.3 is 5.97 Å². The fraction of sp³-hybridized carbons (Fsp3) is 0.516. The molecule has 2 heterocycles. The predicted octanol–water partition coefficient (Wildman–Crippen LogP) is 6.09. The third-order valence-corrected chi connectivity index (χ3v) is 6.92. The number of ether oxygens (including phenoxy) is 2. The van der Waals surface area contributed by atoms with E-state index in [9.17, 15) is 4.79 Å². The number of esters is 1. The Labute approximate surface area is 232 Å². The summed E-state index contributed by atoms with van der Waals surface area (Å²) in [5.41, 5.74) is 4.75. The molecule has 3 aromatic rings. The van der Waals surface area contributed by atoms with E-state index in [2.05, 4.69) is 52.2 Å². The van der Waals surface area contributed by atoms with Crippen LogP contribution in [0, 0.1) is 0 Å². The predicted molar refractivity (Wildman–Crippen MR) is 153 cm³/mol. The molecule has 1 aromatic heterocycles. The van der Waals surface area contributed by atoms with E-state index in [1.165, 1.54) is 24.9 Å². The summed E-state index contributed by atoms with van der Waals surface area (Å²) in [5.74, 6) is 0.848. The van der Waals surface area contributed by atoms with Crippen molar-refractivity contribution in [2.75, 3.05) is 32.1 Å². The molecule has 0 aliphatic carbocycles. The lowest BCUT2D eigenvalue weighted by Crippen LogP contribution is -2.38. The Morgan fingerprint density at radius 2 is 1.97 bits per heavy atom. The van der Waals surface area contributed by atoms with Crippen molar-refractivity contribution >= 4 is 11.7 Å². The first-order valence-corrected chi connectivity index (χ1v) is 13.9. The van der Waals surface area contributed by atoms with E-state index >= 15 is 0 Å². The minimum Gasteiger partial charge on any atom is -0.460 e. The van der Waals surface area contributed by atoms with E-state index in [-0.39, 0.29) is 5.97 Å². The van der Waals surface area contributed by atoms with Gasteiger partial charge in [-0.05, 0) is 83.8 Å². The van der Waals surface area contributed by atoms with Crippen molar-refractivity contribution in [1.82, 2.24) is 15.0 Å². The molecule has 8 nitrogen and oxygen atoms in total. The highest BCUT2D eigenvalue weighted by molar-refractivity contribution is 5.70. The third kappa shape index (κ3) is 7.90. The summed E-state index contributed by atoms with van der Waals surface area (Å²) < 4.78 is 16.6. The molecule has 0 saturated carbocycles. The first-order valence-electron chi connectivity index (χ1n) is 13.9. The van der Waals surface area contributed by atoms with Gasteiger partial charge in [0.25, 0.3) is 5.89 Å². The van der Waals surface area contributed by atoms with Crippen LogP contribution in [-0.2, 0) is 27.4 Å². The number of piperidine rings is 1. The molecular weight excluding hydrogens is 492 g/mol. The maximum absolute atomic E-state index is 12.1. The Morgan fingerprint density at radius 3 is 2.72 bits per heavy atom. The molecule has 0 amide bonds. The molecule has 1 saturated heterocycles. The van der Waals surface area contributed by atoms with Crippen LogP contribution in [0.4, 0.5) is 5.69 Å². The van der Waals surface area contributed by atoms with Gasteiger partial charge in [0.2, 0.25) is 5.82 Å². The lowest BCUT2D eigenvalue weighted by molar-refractivity contribution is -0.155. The summed E-state index contributed by atoms with van der Waals surface area (Å²) in [6, 6.07) is 14.9. The van der Waals surface area contributed by atoms with Gasteiger partial charge in [0, 0.05) is 55.2 Å². The molecule has 0 radical (unpaired) electrons. The van der Waals surface area contributed by atoms with Crippen molar-refractivity contribution in [2.24, 2.45) is 0 Å². The molecule has 210 valence electrons. The molecule has 1 fully saturated rings. The molecule has 1 atom stereocenters. The van der Waals surface area contributed by atoms with Crippen molar-refractivity contribution in [1.29, 1.82) is 0 Å². The number of hydrogen-bond donors (Lipinski definition) is 0. The molecule has 1 aliphatic rings. The molecule has 2 aromatic carbocycles. The topological polar surface area (TPSA) is 80.9 Å². The van der Waals surface area contributed by atoms with Crippen LogP contribution in [0.5, 0.6) is 0 Å². The zero-order valence-corrected chi connectivity index (χ0v) is 24.2. The second-order valence-corrected chi connectivity index (χ2v) is 11.5. The Balaban J connectivity index is 1.45. The first kappa shape index (κ1) is 28.8. The van der Waals surface area contributed by atoms with Crippen LogP contribution in [0.15, 0.2) is 47.0 Å². The van der Waals surface area contributed by atoms with Gasteiger partial charge in [0.05, 0.1) is 13.0 Å². The van der Waals surface area contributed by atoms with E-state index in [4.69, 9.17) is 19.0 Å². The van der Waals surface area contributed by atoms with E-state index in [0.29, 0.717) is 43.9 Å². The molecule has 1 unspecified atom stereocenters. The minimum absolute atomic E-state index is 0.186. The van der Waals surface area contributed by atoms with Crippen LogP contribution in [-0.4, -0.2) is 59.9 Å². The molecule has 0 N–H and O–H groups in total. The normalized spacial score (nSPS) is 16.1. The zero-order valence-electron chi connectivity index (χ0n) is 24.2. The first-order chi connectivity index (χ1) is 18.6. The lowest BCUT2D eigenvalue weighted by Gasteiger charge is -2.36. The van der Waals surface area contributed by atoms with Crippen molar-refractivity contribution in [3.63, 3.8) is 0 Å². The third-order valence-electron chi connectivity index (χ3n) is 6.92. The van der Waals surface area contributed by atoms with Gasteiger partial charge in [-0.1, -0.05) is 23.4 Å². The lowest BCUT2D eigenvalue weighted by atomic mass is 10.00. The molecule has 0 bridgehead atoms. The fourth-order valence-electron chi connectivity index (χ4n) is 5.06. The van der Waals surface area contributed by atoms with E-state index in [1.54, 1.807) is 7.11 Å². The number of aromatic nitrogens is 2. The second kappa shape index (κ2) is 12.7. The number of carbonyl (C=O) groups is 1. The largest absolute Gasteiger partial charge is 0.460 e. The molecule has 39 heavy (non-hydrogen) atoms. The summed E-state index contributed by atoms with van der Waals surface area (Å²) in [7, 11) is 3.72. The van der Waals surface area contributed by atoms with Crippen LogP contribution in [0.25, 0.3) is 22.8 Å². The number of benzene rings is 2. The van der Waals surface area contributed by atoms with Crippen molar-refractivity contribution in [2.45, 2.75) is 78.2 Å². The van der Waals surface area contributed by atoms with E-state index in [1.807, 2.05) is 40.0 Å². The van der Waals surface area contributed by atoms with Gasteiger partial charge in [-0.15, -0.1) is 0 Å². The monoisotopic (exact) mass is 534 g/mol. The number of rotatable bonds is 10. The fourth-order valence-corrected chi connectivity index (χ4v) is 5.06. The van der Waals surface area contributed by atoms with Crippen LogP contribution >= 0.6 is 0 Å². The highest BCUT2D eigenvalue weighted by Crippen LogP contribution is 2.32. The summed E-state index contributed by atoms with van der Waals surface area (Å²) in [5, 5.41) is 4.27. The summed E-state index contributed by atoms with van der Waals surface area (Å²) in [6.45, 7) is 10.8. The molecule has 0 spiro atoms. The van der Waals surface area contributed by atoms with Crippen LogP contribution in [0.1, 0.15) is 64.5 Å². The van der Waals surface area contributed by atoms with Gasteiger partial charge in [-0.2, -0.15) is 4.98 Å². The Hall–Kier alpha value is -3.23. The van der Waals surface area contributed by atoms with Gasteiger partial charge in [-0.25, -0.2) is 0 Å². The second-order valence-electron chi connectivity index (χ2n) is 11.5. The summed E-state index contributed by atoms with van der Waals surface area (Å²) in [6.07, 6.45) is 4.05. The maximum Gasteiger partial charge on any atom is 0.307 e. The molecular formula is C31H42N4O4. The zero-order chi connectivity index (χ0) is 28.0. The Bertz CT molecular complexity index is 1250. The van der Waals surface area contributed by atoms with Crippen LogP contribution in [0.2, 0.25) is 0 Å². The van der Waals surface area contributed by atoms with Crippen molar-refractivity contribution < 1.29 is 18.8 Å². The van der Waals surface area contributed by atoms with E-state index in [0.717, 1.165) is 28.8 Å². The van der Waals surface area contributed by atoms with Crippen molar-refractivity contribution in [3.05, 3.63) is 53.6 Å². The van der Waals surface area contributed by atoms with Gasteiger partial charge in [0.15, 0.2) is 0 Å². The number of nitrogens with zero attached hydrogens (tertiary/aromatic N) is 4. The number of hydrogen-bond acceptors (Lipinski definition) is 8. The smallest absolute Gasteiger partial charge is 0.307 e.